The molecule has 1 amide bonds. The van der Waals surface area contributed by atoms with Crippen LogP contribution in [0, 0.1) is 12.0 Å². The lowest BCUT2D eigenvalue weighted by atomic mass is 9.70. The lowest BCUT2D eigenvalue weighted by Crippen LogP contribution is -2.38. The molecule has 1 aliphatic carbocycles. The highest BCUT2D eigenvalue weighted by Crippen LogP contribution is 2.45. The molecule has 0 aromatic heterocycles. The third-order valence-corrected chi connectivity index (χ3v) is 5.64. The minimum atomic E-state index is -0.920. The fraction of sp³-hybridized carbons (Fsp3) is 0.286. The summed E-state index contributed by atoms with van der Waals surface area (Å²) in [5.74, 6) is -0.802. The van der Waals surface area contributed by atoms with E-state index in [0.717, 1.165) is 36.1 Å². The summed E-state index contributed by atoms with van der Waals surface area (Å²) in [6.07, 6.45) is 2.90. The summed E-state index contributed by atoms with van der Waals surface area (Å²) in [6.45, 7) is 7.81. The van der Waals surface area contributed by atoms with Gasteiger partial charge in [-0.1, -0.05) is 18.2 Å². The molecule has 0 saturated carbocycles. The number of rotatable bonds is 2. The normalized spacial score (nSPS) is 21.5. The zero-order valence-corrected chi connectivity index (χ0v) is 14.2. The first-order chi connectivity index (χ1) is 12.5. The molecule has 0 bridgehead atoms. The van der Waals surface area contributed by atoms with Crippen LogP contribution in [0.2, 0.25) is 0 Å². The second kappa shape index (κ2) is 5.99. The first kappa shape index (κ1) is 16.3. The quantitative estimate of drug-likeness (QED) is 0.840. The number of aromatic carboxylic acids is 1. The molecule has 0 radical (unpaired) electrons. The standard InChI is InChI=1S/C21H18N2O3/c1-22-17-3-2-4-18(12-17)23-10-9-21(20(23)26)8-7-14-11-15(19(24)25)5-6-16(14)13-21/h2-6,11-12H,7-10,13H2,(H,24,25)/t21-/m0/s1. The molecule has 130 valence electrons. The van der Waals surface area contributed by atoms with Gasteiger partial charge in [-0.2, -0.15) is 0 Å². The van der Waals surface area contributed by atoms with Crippen LogP contribution in [-0.2, 0) is 17.6 Å². The minimum absolute atomic E-state index is 0.118. The highest BCUT2D eigenvalue weighted by atomic mass is 16.4. The molecule has 0 unspecified atom stereocenters. The van der Waals surface area contributed by atoms with Gasteiger partial charge in [-0.3, -0.25) is 4.79 Å². The molecule has 26 heavy (non-hydrogen) atoms. The van der Waals surface area contributed by atoms with E-state index >= 15 is 0 Å². The molecule has 2 aromatic carbocycles. The maximum absolute atomic E-state index is 13.2. The monoisotopic (exact) mass is 346 g/mol. The molecule has 1 spiro atoms. The number of anilines is 1. The van der Waals surface area contributed by atoms with Gasteiger partial charge >= 0.3 is 5.97 Å². The number of hydrogen-bond acceptors (Lipinski definition) is 2. The lowest BCUT2D eigenvalue weighted by Gasteiger charge is -2.33. The lowest BCUT2D eigenvalue weighted by molar-refractivity contribution is -0.126. The van der Waals surface area contributed by atoms with Crippen LogP contribution in [0.5, 0.6) is 0 Å². The smallest absolute Gasteiger partial charge is 0.335 e. The molecule has 4 rings (SSSR count). The molecule has 1 saturated heterocycles. The number of hydrogen-bond donors (Lipinski definition) is 1. The minimum Gasteiger partial charge on any atom is -0.478 e. The third kappa shape index (κ3) is 2.55. The molecule has 1 N–H and O–H groups in total. The third-order valence-electron chi connectivity index (χ3n) is 5.64. The molecular weight excluding hydrogens is 328 g/mol. The molecule has 1 atom stereocenters. The van der Waals surface area contributed by atoms with Crippen LogP contribution in [0.3, 0.4) is 0 Å². The van der Waals surface area contributed by atoms with Crippen LogP contribution < -0.4 is 4.90 Å². The van der Waals surface area contributed by atoms with Crippen molar-refractivity contribution in [1.29, 1.82) is 0 Å². The van der Waals surface area contributed by atoms with Crippen LogP contribution in [0.4, 0.5) is 11.4 Å². The number of carboxylic acid groups (broad SMARTS) is 1. The average molecular weight is 346 g/mol. The van der Waals surface area contributed by atoms with E-state index in [-0.39, 0.29) is 5.91 Å². The van der Waals surface area contributed by atoms with Crippen molar-refractivity contribution in [3.8, 4) is 0 Å². The van der Waals surface area contributed by atoms with Crippen molar-refractivity contribution in [3.05, 3.63) is 70.6 Å². The van der Waals surface area contributed by atoms with Gasteiger partial charge in [0, 0.05) is 12.2 Å². The second-order valence-electron chi connectivity index (χ2n) is 7.08. The fourth-order valence-electron chi connectivity index (χ4n) is 4.18. The van der Waals surface area contributed by atoms with E-state index in [4.69, 9.17) is 11.7 Å². The first-order valence-corrected chi connectivity index (χ1v) is 8.67. The van der Waals surface area contributed by atoms with Gasteiger partial charge in [0.05, 0.1) is 17.6 Å². The predicted octanol–water partition coefficient (Wildman–Crippen LogP) is 3.85. The van der Waals surface area contributed by atoms with Gasteiger partial charge in [-0.25, -0.2) is 9.64 Å². The summed E-state index contributed by atoms with van der Waals surface area (Å²) < 4.78 is 0. The Morgan fingerprint density at radius 3 is 2.77 bits per heavy atom. The highest BCUT2D eigenvalue weighted by Gasteiger charge is 2.48. The van der Waals surface area contributed by atoms with Gasteiger partial charge in [-0.05, 0) is 61.1 Å². The molecule has 5 nitrogen and oxygen atoms in total. The van der Waals surface area contributed by atoms with Crippen molar-refractivity contribution in [1.82, 2.24) is 0 Å². The Hall–Kier alpha value is -3.13. The van der Waals surface area contributed by atoms with E-state index in [0.29, 0.717) is 24.2 Å². The van der Waals surface area contributed by atoms with E-state index < -0.39 is 11.4 Å². The Kier molecular flexibility index (Phi) is 3.77. The Labute approximate surface area is 151 Å². The SMILES string of the molecule is [C-]#[N+]c1cccc(N2CC[C@]3(CCc4cc(C(=O)O)ccc4C3)C2=O)c1. The van der Waals surface area contributed by atoms with E-state index in [2.05, 4.69) is 4.85 Å². The number of carbonyl (C=O) groups excluding carboxylic acids is 1. The summed E-state index contributed by atoms with van der Waals surface area (Å²) in [5.41, 5.74) is 3.32. The van der Waals surface area contributed by atoms with Crippen LogP contribution in [0.15, 0.2) is 42.5 Å². The molecular formula is C21H18N2O3. The van der Waals surface area contributed by atoms with Crippen molar-refractivity contribution < 1.29 is 14.7 Å². The van der Waals surface area contributed by atoms with Crippen molar-refractivity contribution in [3.63, 3.8) is 0 Å². The van der Waals surface area contributed by atoms with Gasteiger partial charge in [0.15, 0.2) is 5.69 Å². The van der Waals surface area contributed by atoms with Crippen LogP contribution in [-0.4, -0.2) is 23.5 Å². The number of aryl methyl sites for hydroxylation is 1. The Bertz CT molecular complexity index is 960. The molecule has 1 heterocycles. The topological polar surface area (TPSA) is 62.0 Å². The number of carbonyl (C=O) groups is 2. The number of nitrogens with zero attached hydrogens (tertiary/aromatic N) is 2. The van der Waals surface area contributed by atoms with Crippen molar-refractivity contribution >= 4 is 23.3 Å². The Morgan fingerprint density at radius 2 is 2.00 bits per heavy atom. The largest absolute Gasteiger partial charge is 0.478 e. The van der Waals surface area contributed by atoms with Gasteiger partial charge in [0.1, 0.15) is 0 Å². The molecule has 2 aliphatic rings. The highest BCUT2D eigenvalue weighted by molar-refractivity contribution is 6.00. The van der Waals surface area contributed by atoms with Gasteiger partial charge in [0.2, 0.25) is 5.91 Å². The fourth-order valence-corrected chi connectivity index (χ4v) is 4.18. The Balaban J connectivity index is 1.62. The van der Waals surface area contributed by atoms with E-state index in [1.165, 1.54) is 0 Å². The number of benzene rings is 2. The number of fused-ring (bicyclic) bond motifs is 1. The van der Waals surface area contributed by atoms with E-state index in [1.54, 1.807) is 29.2 Å². The first-order valence-electron chi connectivity index (χ1n) is 8.67. The predicted molar refractivity (Wildman–Crippen MR) is 97.5 cm³/mol. The van der Waals surface area contributed by atoms with Crippen LogP contribution in [0.25, 0.3) is 4.85 Å². The summed E-state index contributed by atoms with van der Waals surface area (Å²) in [7, 11) is 0. The Morgan fingerprint density at radius 1 is 1.15 bits per heavy atom. The molecule has 1 aliphatic heterocycles. The van der Waals surface area contributed by atoms with Crippen molar-refractivity contribution in [2.45, 2.75) is 25.7 Å². The van der Waals surface area contributed by atoms with Crippen LogP contribution >= 0.6 is 0 Å². The second-order valence-corrected chi connectivity index (χ2v) is 7.08. The molecule has 5 heteroatoms. The maximum atomic E-state index is 13.2. The molecule has 1 fully saturated rings. The number of carboxylic acids is 1. The van der Waals surface area contributed by atoms with Gasteiger partial charge in [-0.15, -0.1) is 0 Å². The van der Waals surface area contributed by atoms with Gasteiger partial charge in [0.25, 0.3) is 0 Å². The summed E-state index contributed by atoms with van der Waals surface area (Å²) >= 11 is 0. The van der Waals surface area contributed by atoms with Gasteiger partial charge < -0.3 is 10.0 Å². The zero-order chi connectivity index (χ0) is 18.3. The summed E-state index contributed by atoms with van der Waals surface area (Å²) in [5, 5.41) is 9.16. The summed E-state index contributed by atoms with van der Waals surface area (Å²) in [6, 6.07) is 12.4. The summed E-state index contributed by atoms with van der Waals surface area (Å²) in [4.78, 5) is 29.6. The van der Waals surface area contributed by atoms with E-state index in [1.807, 2.05) is 18.2 Å². The van der Waals surface area contributed by atoms with E-state index in [9.17, 15) is 9.59 Å². The average Bonchev–Trinajstić information content (AvgIpc) is 2.97. The molecule has 2 aromatic rings. The van der Waals surface area contributed by atoms with Crippen molar-refractivity contribution in [2.75, 3.05) is 11.4 Å². The maximum Gasteiger partial charge on any atom is 0.335 e. The number of amides is 1. The van der Waals surface area contributed by atoms with Crippen LogP contribution in [0.1, 0.15) is 34.3 Å². The zero-order valence-electron chi connectivity index (χ0n) is 14.2. The van der Waals surface area contributed by atoms with Crippen molar-refractivity contribution in [2.24, 2.45) is 5.41 Å².